The number of hydrogen-bond acceptors (Lipinski definition) is 6. The zero-order valence-electron chi connectivity index (χ0n) is 19.7. The molecule has 0 saturated carbocycles. The SMILES string of the molecule is CNC(=O)N1N=C(c2ccc(-c3sc(C)nc3C)cc2)c2cc(OC)c(OC)cc2C[C@H]1C. The second kappa shape index (κ2) is 9.23. The van der Waals surface area contributed by atoms with E-state index in [4.69, 9.17) is 14.6 Å². The molecule has 2 amide bonds. The lowest BCUT2D eigenvalue weighted by atomic mass is 9.93. The number of benzene rings is 2. The van der Waals surface area contributed by atoms with Crippen LogP contribution in [0.2, 0.25) is 0 Å². The van der Waals surface area contributed by atoms with Gasteiger partial charge < -0.3 is 14.8 Å². The number of amides is 2. The van der Waals surface area contributed by atoms with Crippen LogP contribution in [0.1, 0.15) is 34.3 Å². The number of carbonyl (C=O) groups is 1. The Kier molecular flexibility index (Phi) is 6.37. The fraction of sp³-hybridized carbons (Fsp3) is 0.320. The van der Waals surface area contributed by atoms with Gasteiger partial charge in [-0.15, -0.1) is 11.3 Å². The third-order valence-electron chi connectivity index (χ3n) is 5.75. The van der Waals surface area contributed by atoms with E-state index in [0.29, 0.717) is 23.6 Å². The maximum Gasteiger partial charge on any atom is 0.337 e. The number of rotatable bonds is 4. The molecule has 4 rings (SSSR count). The van der Waals surface area contributed by atoms with Crippen molar-refractivity contribution in [3.05, 3.63) is 63.8 Å². The Morgan fingerprint density at radius 1 is 1.09 bits per heavy atom. The summed E-state index contributed by atoms with van der Waals surface area (Å²) >= 11 is 1.68. The summed E-state index contributed by atoms with van der Waals surface area (Å²) < 4.78 is 11.1. The average Bonchev–Trinajstić information content (AvgIpc) is 3.09. The van der Waals surface area contributed by atoms with Gasteiger partial charge in [-0.05, 0) is 50.5 Å². The van der Waals surface area contributed by atoms with E-state index >= 15 is 0 Å². The van der Waals surface area contributed by atoms with Crippen LogP contribution in [0.15, 0.2) is 41.5 Å². The molecule has 0 unspecified atom stereocenters. The molecule has 1 aliphatic rings. The topological polar surface area (TPSA) is 76.1 Å². The van der Waals surface area contributed by atoms with E-state index < -0.39 is 0 Å². The number of aromatic nitrogens is 1. The highest BCUT2D eigenvalue weighted by Crippen LogP contribution is 2.35. The number of methoxy groups -OCH3 is 2. The number of hydrogen-bond donors (Lipinski definition) is 1. The van der Waals surface area contributed by atoms with Crippen LogP contribution in [0.5, 0.6) is 11.5 Å². The highest BCUT2D eigenvalue weighted by Gasteiger charge is 2.28. The molecule has 33 heavy (non-hydrogen) atoms. The number of aryl methyl sites for hydroxylation is 2. The first kappa shape index (κ1) is 22.8. The van der Waals surface area contributed by atoms with Crippen LogP contribution < -0.4 is 14.8 Å². The number of nitrogens with zero attached hydrogens (tertiary/aromatic N) is 3. The van der Waals surface area contributed by atoms with Crippen molar-refractivity contribution in [3.8, 4) is 21.9 Å². The summed E-state index contributed by atoms with van der Waals surface area (Å²) in [4.78, 5) is 18.3. The second-order valence-corrected chi connectivity index (χ2v) is 9.19. The van der Waals surface area contributed by atoms with Crippen molar-refractivity contribution < 1.29 is 14.3 Å². The number of ether oxygens (including phenoxy) is 2. The first-order chi connectivity index (χ1) is 15.9. The van der Waals surface area contributed by atoms with E-state index in [0.717, 1.165) is 37.8 Å². The largest absolute Gasteiger partial charge is 0.493 e. The van der Waals surface area contributed by atoms with E-state index in [2.05, 4.69) is 22.4 Å². The normalized spacial score (nSPS) is 15.4. The highest BCUT2D eigenvalue weighted by molar-refractivity contribution is 7.15. The van der Waals surface area contributed by atoms with Crippen LogP contribution in [0.4, 0.5) is 4.79 Å². The first-order valence-electron chi connectivity index (χ1n) is 10.8. The van der Waals surface area contributed by atoms with E-state index in [1.807, 2.05) is 45.0 Å². The minimum atomic E-state index is -0.251. The van der Waals surface area contributed by atoms with E-state index in [-0.39, 0.29) is 12.1 Å². The van der Waals surface area contributed by atoms with Crippen molar-refractivity contribution in [2.75, 3.05) is 21.3 Å². The average molecular weight is 465 g/mol. The zero-order chi connectivity index (χ0) is 23.7. The molecule has 1 aromatic heterocycles. The van der Waals surface area contributed by atoms with E-state index in [9.17, 15) is 4.79 Å². The van der Waals surface area contributed by atoms with Crippen LogP contribution in [0.3, 0.4) is 0 Å². The maximum atomic E-state index is 12.6. The molecule has 1 atom stereocenters. The third kappa shape index (κ3) is 4.30. The molecule has 0 fully saturated rings. The summed E-state index contributed by atoms with van der Waals surface area (Å²) in [5.74, 6) is 1.28. The van der Waals surface area contributed by atoms with Crippen molar-refractivity contribution >= 4 is 23.1 Å². The van der Waals surface area contributed by atoms with Gasteiger partial charge in [0.15, 0.2) is 11.5 Å². The molecule has 8 heteroatoms. The van der Waals surface area contributed by atoms with Gasteiger partial charge in [0.1, 0.15) is 0 Å². The first-order valence-corrected chi connectivity index (χ1v) is 11.6. The predicted octanol–water partition coefficient (Wildman–Crippen LogP) is 4.78. The highest BCUT2D eigenvalue weighted by atomic mass is 32.1. The van der Waals surface area contributed by atoms with Gasteiger partial charge in [0.25, 0.3) is 0 Å². The lowest BCUT2D eigenvalue weighted by Crippen LogP contribution is -2.41. The van der Waals surface area contributed by atoms with Gasteiger partial charge in [-0.25, -0.2) is 14.8 Å². The molecule has 1 aliphatic heterocycles. The Hall–Kier alpha value is -3.39. The van der Waals surface area contributed by atoms with Crippen molar-refractivity contribution in [1.82, 2.24) is 15.3 Å². The summed E-state index contributed by atoms with van der Waals surface area (Å²) in [6, 6.07) is 11.8. The fourth-order valence-corrected chi connectivity index (χ4v) is 5.05. The monoisotopic (exact) mass is 464 g/mol. The predicted molar refractivity (Wildman–Crippen MR) is 132 cm³/mol. The number of thiazole rings is 1. The molecular formula is C25H28N4O3S. The van der Waals surface area contributed by atoms with Crippen LogP contribution in [-0.2, 0) is 6.42 Å². The molecular weight excluding hydrogens is 436 g/mol. The number of carbonyl (C=O) groups excluding carboxylic acids is 1. The number of urea groups is 1. The van der Waals surface area contributed by atoms with Gasteiger partial charge in [0.05, 0.1) is 41.6 Å². The molecule has 0 aliphatic carbocycles. The molecule has 2 heterocycles. The van der Waals surface area contributed by atoms with Crippen LogP contribution in [0, 0.1) is 13.8 Å². The Bertz CT molecular complexity index is 1220. The molecule has 3 aromatic rings. The lowest BCUT2D eigenvalue weighted by molar-refractivity contribution is 0.184. The molecule has 2 aromatic carbocycles. The van der Waals surface area contributed by atoms with Gasteiger partial charge >= 0.3 is 6.03 Å². The Balaban J connectivity index is 1.86. The van der Waals surface area contributed by atoms with Gasteiger partial charge in [-0.2, -0.15) is 5.10 Å². The van der Waals surface area contributed by atoms with Crippen molar-refractivity contribution in [2.45, 2.75) is 33.2 Å². The Morgan fingerprint density at radius 3 is 2.30 bits per heavy atom. The molecule has 172 valence electrons. The van der Waals surface area contributed by atoms with Crippen molar-refractivity contribution in [3.63, 3.8) is 0 Å². The molecule has 7 nitrogen and oxygen atoms in total. The van der Waals surface area contributed by atoms with Crippen LogP contribution >= 0.6 is 11.3 Å². The van der Waals surface area contributed by atoms with Gasteiger partial charge in [0, 0.05) is 18.2 Å². The maximum absolute atomic E-state index is 12.6. The third-order valence-corrected chi connectivity index (χ3v) is 6.87. The lowest BCUT2D eigenvalue weighted by Gasteiger charge is -2.22. The summed E-state index contributed by atoms with van der Waals surface area (Å²) in [7, 11) is 4.85. The molecule has 0 spiro atoms. The number of hydrazone groups is 1. The van der Waals surface area contributed by atoms with Crippen LogP contribution in [0.25, 0.3) is 10.4 Å². The van der Waals surface area contributed by atoms with Crippen molar-refractivity contribution in [1.29, 1.82) is 0 Å². The molecule has 0 radical (unpaired) electrons. The van der Waals surface area contributed by atoms with E-state index in [1.165, 1.54) is 5.01 Å². The van der Waals surface area contributed by atoms with Gasteiger partial charge in [0.2, 0.25) is 0 Å². The van der Waals surface area contributed by atoms with Crippen molar-refractivity contribution in [2.24, 2.45) is 5.10 Å². The fourth-order valence-electron chi connectivity index (χ4n) is 4.13. The standard InChI is InChI=1S/C25H28N4O3S/c1-14-11-19-12-21(31-5)22(32-6)13-20(19)23(28-29(14)25(30)26-4)17-7-9-18(10-8-17)24-15(2)27-16(3)33-24/h7-10,12-14H,11H2,1-6H3,(H,26,30)/t14-/m1/s1. The molecule has 0 saturated heterocycles. The van der Waals surface area contributed by atoms with E-state index in [1.54, 1.807) is 32.6 Å². The Labute approximate surface area is 198 Å². The second-order valence-electron chi connectivity index (χ2n) is 7.99. The van der Waals surface area contributed by atoms with Crippen LogP contribution in [-0.4, -0.2) is 49.0 Å². The molecule has 1 N–H and O–H groups in total. The number of nitrogens with one attached hydrogen (secondary N) is 1. The Morgan fingerprint density at radius 2 is 1.73 bits per heavy atom. The van der Waals surface area contributed by atoms with Gasteiger partial charge in [-0.3, -0.25) is 0 Å². The summed E-state index contributed by atoms with van der Waals surface area (Å²) in [6.45, 7) is 6.03. The summed E-state index contributed by atoms with van der Waals surface area (Å²) in [5.41, 5.74) is 5.72. The quantitative estimate of drug-likeness (QED) is 0.603. The number of fused-ring (bicyclic) bond motifs is 1. The minimum Gasteiger partial charge on any atom is -0.493 e. The minimum absolute atomic E-state index is 0.138. The summed E-state index contributed by atoms with van der Waals surface area (Å²) in [6.07, 6.45) is 0.632. The zero-order valence-corrected chi connectivity index (χ0v) is 20.5. The summed E-state index contributed by atoms with van der Waals surface area (Å²) in [5, 5.41) is 10.1. The molecule has 0 bridgehead atoms. The van der Waals surface area contributed by atoms with Gasteiger partial charge in [-0.1, -0.05) is 24.3 Å². The smallest absolute Gasteiger partial charge is 0.337 e.